The van der Waals surface area contributed by atoms with E-state index in [-0.39, 0.29) is 11.7 Å². The number of rotatable bonds is 4. The Kier molecular flexibility index (Phi) is 4.94. The third-order valence-electron chi connectivity index (χ3n) is 4.92. The Labute approximate surface area is 144 Å². The third-order valence-corrected chi connectivity index (χ3v) is 6.79. The molecule has 0 bridgehead atoms. The number of hydrogen-bond acceptors (Lipinski definition) is 3. The lowest BCUT2D eigenvalue weighted by molar-refractivity contribution is -0.126. The maximum Gasteiger partial charge on any atom is 0.246 e. The van der Waals surface area contributed by atoms with Crippen molar-refractivity contribution in [1.82, 2.24) is 4.90 Å². The van der Waals surface area contributed by atoms with Crippen molar-refractivity contribution in [2.24, 2.45) is 0 Å². The Morgan fingerprint density at radius 1 is 1.17 bits per heavy atom. The minimum Gasteiger partial charge on any atom is -0.339 e. The molecule has 0 radical (unpaired) electrons. The van der Waals surface area contributed by atoms with Crippen LogP contribution in [0, 0.1) is 0 Å². The number of benzene rings is 1. The minimum atomic E-state index is -3.14. The molecular weight excluding hydrogens is 324 g/mol. The predicted octanol–water partition coefficient (Wildman–Crippen LogP) is 2.64. The van der Waals surface area contributed by atoms with Gasteiger partial charge in [-0.25, -0.2) is 8.42 Å². The van der Waals surface area contributed by atoms with Crippen LogP contribution in [0.1, 0.15) is 37.7 Å². The van der Waals surface area contributed by atoms with Crippen LogP contribution in [0.5, 0.6) is 0 Å². The van der Waals surface area contributed by atoms with E-state index >= 15 is 0 Å². The molecule has 5 nitrogen and oxygen atoms in total. The fraction of sp³-hybridized carbons (Fsp3) is 0.500. The third kappa shape index (κ3) is 3.64. The lowest BCUT2D eigenvalue weighted by atomic mass is 10.1. The van der Waals surface area contributed by atoms with E-state index in [2.05, 4.69) is 0 Å². The fourth-order valence-corrected chi connectivity index (χ4v) is 5.00. The van der Waals surface area contributed by atoms with Crippen LogP contribution in [-0.2, 0) is 14.8 Å². The lowest BCUT2D eigenvalue weighted by Gasteiger charge is -2.22. The van der Waals surface area contributed by atoms with Crippen LogP contribution in [0.15, 0.2) is 30.3 Å². The van der Waals surface area contributed by atoms with E-state index in [0.717, 1.165) is 18.4 Å². The monoisotopic (exact) mass is 348 g/mol. The summed E-state index contributed by atoms with van der Waals surface area (Å²) in [5.41, 5.74) is 1.59. The second kappa shape index (κ2) is 6.97. The molecule has 0 atom stereocenters. The summed E-state index contributed by atoms with van der Waals surface area (Å²) < 4.78 is 25.3. The average molecular weight is 348 g/mol. The molecule has 1 aromatic rings. The highest BCUT2D eigenvalue weighted by molar-refractivity contribution is 7.93. The zero-order valence-corrected chi connectivity index (χ0v) is 14.8. The largest absolute Gasteiger partial charge is 0.339 e. The van der Waals surface area contributed by atoms with Crippen molar-refractivity contribution in [3.05, 3.63) is 35.9 Å². The van der Waals surface area contributed by atoms with Crippen molar-refractivity contribution in [3.63, 3.8) is 0 Å². The first-order valence-electron chi connectivity index (χ1n) is 8.53. The summed E-state index contributed by atoms with van der Waals surface area (Å²) >= 11 is 0. The van der Waals surface area contributed by atoms with Gasteiger partial charge in [-0.1, -0.05) is 25.0 Å². The molecule has 1 heterocycles. The van der Waals surface area contributed by atoms with Gasteiger partial charge in [-0.15, -0.1) is 0 Å². The van der Waals surface area contributed by atoms with Crippen molar-refractivity contribution in [1.29, 1.82) is 0 Å². The molecule has 3 rings (SSSR count). The van der Waals surface area contributed by atoms with Gasteiger partial charge < -0.3 is 4.90 Å². The Balaban J connectivity index is 1.64. The lowest BCUT2D eigenvalue weighted by Crippen LogP contribution is -2.33. The van der Waals surface area contributed by atoms with E-state index in [4.69, 9.17) is 0 Å². The SMILES string of the molecule is CN(C(=O)/C=C\c1ccc(N2CCCS2(=O)=O)cc1)C1CCCC1. The molecule has 1 saturated heterocycles. The molecule has 0 N–H and O–H groups in total. The van der Waals surface area contributed by atoms with Gasteiger partial charge >= 0.3 is 0 Å². The number of amides is 1. The van der Waals surface area contributed by atoms with E-state index < -0.39 is 10.0 Å². The summed E-state index contributed by atoms with van der Waals surface area (Å²) in [6, 6.07) is 7.66. The number of nitrogens with zero attached hydrogens (tertiary/aromatic N) is 2. The van der Waals surface area contributed by atoms with Gasteiger partial charge in [0, 0.05) is 25.7 Å². The van der Waals surface area contributed by atoms with Gasteiger partial charge in [0.25, 0.3) is 0 Å². The maximum absolute atomic E-state index is 12.2. The van der Waals surface area contributed by atoms with Crippen LogP contribution >= 0.6 is 0 Å². The van der Waals surface area contributed by atoms with Crippen LogP contribution < -0.4 is 4.31 Å². The molecule has 0 unspecified atom stereocenters. The van der Waals surface area contributed by atoms with E-state index in [1.165, 1.54) is 17.1 Å². The first kappa shape index (κ1) is 17.0. The molecule has 0 spiro atoms. The molecule has 2 fully saturated rings. The molecule has 1 saturated carbocycles. The van der Waals surface area contributed by atoms with Crippen LogP contribution in [0.2, 0.25) is 0 Å². The molecule has 0 aromatic heterocycles. The van der Waals surface area contributed by atoms with Crippen molar-refractivity contribution >= 4 is 27.7 Å². The first-order chi connectivity index (χ1) is 11.5. The molecule has 1 aliphatic carbocycles. The highest BCUT2D eigenvalue weighted by atomic mass is 32.2. The van der Waals surface area contributed by atoms with E-state index in [9.17, 15) is 13.2 Å². The molecule has 1 aliphatic heterocycles. The molecular formula is C18H24N2O3S. The molecule has 6 heteroatoms. The summed E-state index contributed by atoms with van der Waals surface area (Å²) in [5.74, 6) is 0.240. The number of sulfonamides is 1. The topological polar surface area (TPSA) is 57.7 Å². The van der Waals surface area contributed by atoms with Crippen LogP contribution in [0.4, 0.5) is 5.69 Å². The summed E-state index contributed by atoms with van der Waals surface area (Å²) in [6.07, 6.45) is 8.64. The van der Waals surface area contributed by atoms with E-state index in [0.29, 0.717) is 24.7 Å². The molecule has 130 valence electrons. The summed E-state index contributed by atoms with van der Waals surface area (Å²) in [7, 11) is -1.28. The van der Waals surface area contributed by atoms with Gasteiger partial charge in [0.05, 0.1) is 11.4 Å². The Morgan fingerprint density at radius 2 is 1.83 bits per heavy atom. The minimum absolute atomic E-state index is 0.0214. The standard InChI is InChI=1S/C18H24N2O3S/c1-19(16-5-2-3-6-16)18(21)12-9-15-7-10-17(11-8-15)20-13-4-14-24(20,22)23/h7-12,16H,2-6,13-14H2,1H3/b12-9-. The molecule has 1 amide bonds. The van der Waals surface area contributed by atoms with Gasteiger partial charge in [0.1, 0.15) is 0 Å². The quantitative estimate of drug-likeness (QED) is 0.786. The summed E-state index contributed by atoms with van der Waals surface area (Å²) in [5, 5.41) is 0. The number of likely N-dealkylation sites (N-methyl/N-ethyl adjacent to an activating group) is 1. The number of hydrogen-bond donors (Lipinski definition) is 0. The second-order valence-corrected chi connectivity index (χ2v) is 8.57. The van der Waals surface area contributed by atoms with E-state index in [1.807, 2.05) is 24.1 Å². The highest BCUT2D eigenvalue weighted by Gasteiger charge is 2.28. The van der Waals surface area contributed by atoms with Gasteiger partial charge in [0.2, 0.25) is 15.9 Å². The van der Waals surface area contributed by atoms with Crippen LogP contribution in [0.25, 0.3) is 6.08 Å². The highest BCUT2D eigenvalue weighted by Crippen LogP contribution is 2.25. The van der Waals surface area contributed by atoms with Crippen LogP contribution in [0.3, 0.4) is 0 Å². The van der Waals surface area contributed by atoms with Crippen LogP contribution in [-0.4, -0.2) is 44.6 Å². The molecule has 1 aromatic carbocycles. The Hall–Kier alpha value is -1.82. The first-order valence-corrected chi connectivity index (χ1v) is 10.1. The van der Waals surface area contributed by atoms with Gasteiger partial charge in [-0.3, -0.25) is 9.10 Å². The van der Waals surface area contributed by atoms with Gasteiger partial charge in [-0.05, 0) is 43.0 Å². The average Bonchev–Trinajstić information content (AvgIpc) is 3.21. The van der Waals surface area contributed by atoms with Crippen molar-refractivity contribution in [3.8, 4) is 0 Å². The zero-order chi connectivity index (χ0) is 17.2. The summed E-state index contributed by atoms with van der Waals surface area (Å²) in [4.78, 5) is 14.0. The number of carbonyl (C=O) groups excluding carboxylic acids is 1. The van der Waals surface area contributed by atoms with E-state index in [1.54, 1.807) is 24.3 Å². The molecule has 24 heavy (non-hydrogen) atoms. The zero-order valence-electron chi connectivity index (χ0n) is 14.0. The molecule has 2 aliphatic rings. The predicted molar refractivity (Wildman–Crippen MR) is 96.3 cm³/mol. The van der Waals surface area contributed by atoms with Gasteiger partial charge in [-0.2, -0.15) is 0 Å². The van der Waals surface area contributed by atoms with Crippen molar-refractivity contribution in [2.45, 2.75) is 38.1 Å². The van der Waals surface area contributed by atoms with Crippen molar-refractivity contribution < 1.29 is 13.2 Å². The fourth-order valence-electron chi connectivity index (χ4n) is 3.44. The maximum atomic E-state index is 12.2. The Morgan fingerprint density at radius 3 is 2.42 bits per heavy atom. The summed E-state index contributed by atoms with van der Waals surface area (Å²) in [6.45, 7) is 0.544. The van der Waals surface area contributed by atoms with Gasteiger partial charge in [0.15, 0.2) is 0 Å². The second-order valence-electron chi connectivity index (χ2n) is 6.55. The number of anilines is 1. The smallest absolute Gasteiger partial charge is 0.246 e. The Bertz CT molecular complexity index is 719. The number of carbonyl (C=O) groups is 1. The van der Waals surface area contributed by atoms with Crippen molar-refractivity contribution in [2.75, 3.05) is 23.7 Å². The normalized spacial score (nSPS) is 20.8.